The summed E-state index contributed by atoms with van der Waals surface area (Å²) in [5.41, 5.74) is -4.27. The second kappa shape index (κ2) is 10.6. The SMILES string of the molecule is CC(C)(O)CC[C@@H](O)[C@](C)(O)[C@H]1CC[C@@]2(O)C3=CC(=O)[C@@H]4C[C@@H](O)[C@@H](O)C[C@]4(C)[C@H]3CC[C@]12C.CO.O. The highest BCUT2D eigenvalue weighted by Gasteiger charge is 2.69. The molecule has 9 heteroatoms. The number of aliphatic hydroxyl groups excluding tert-OH is 4. The standard InChI is InChI=1S/C27H44O7.CH4O.H2O/c1-23(2,32)9-8-22(31)26(5,33)21-7-11-27(34)16-12-18(28)17-13-19(29)20(30)14-24(17,3)15(16)6-10-25(21,27)4;1-2;/h12,15,17,19-22,29-34H,6-11,13-14H2,1-5H3;2H,1H3;1H2/t15-,17-,19+,20-,21-,22+,24+,25+,26+,27+;;/m0../s1. The van der Waals surface area contributed by atoms with E-state index in [4.69, 9.17) is 5.11 Å². The first-order chi connectivity index (χ1) is 16.5. The lowest BCUT2D eigenvalue weighted by atomic mass is 9.45. The molecule has 4 aliphatic rings. The molecule has 0 unspecified atom stereocenters. The van der Waals surface area contributed by atoms with Gasteiger partial charge in [-0.1, -0.05) is 13.8 Å². The predicted molar refractivity (Wildman–Crippen MR) is 138 cm³/mol. The Kier molecular flexibility index (Phi) is 9.23. The maximum atomic E-state index is 13.2. The van der Waals surface area contributed by atoms with Gasteiger partial charge in [0.25, 0.3) is 0 Å². The summed E-state index contributed by atoms with van der Waals surface area (Å²) >= 11 is 0. The van der Waals surface area contributed by atoms with Gasteiger partial charge in [-0.05, 0) is 101 Å². The molecule has 0 aromatic rings. The van der Waals surface area contributed by atoms with Gasteiger partial charge < -0.3 is 41.2 Å². The topological polar surface area (TPSA) is 190 Å². The van der Waals surface area contributed by atoms with Crippen LogP contribution in [0.3, 0.4) is 0 Å². The van der Waals surface area contributed by atoms with Crippen LogP contribution in [0.4, 0.5) is 0 Å². The van der Waals surface area contributed by atoms with Crippen LogP contribution >= 0.6 is 0 Å². The van der Waals surface area contributed by atoms with Gasteiger partial charge in [-0.25, -0.2) is 0 Å². The van der Waals surface area contributed by atoms with Crippen LogP contribution in [-0.4, -0.2) is 89.2 Å². The number of carbonyl (C=O) groups excluding carboxylic acids is 1. The van der Waals surface area contributed by atoms with Crippen LogP contribution in [0.25, 0.3) is 0 Å². The van der Waals surface area contributed by atoms with Gasteiger partial charge in [0.2, 0.25) is 0 Å². The Bertz CT molecular complexity index is 864. The number of hydrogen-bond donors (Lipinski definition) is 7. The molecule has 216 valence electrons. The third kappa shape index (κ3) is 5.07. The normalized spacial score (nSPS) is 43.5. The molecule has 0 aromatic heterocycles. The van der Waals surface area contributed by atoms with Gasteiger partial charge in [0.15, 0.2) is 5.78 Å². The fourth-order valence-corrected chi connectivity index (χ4v) is 8.32. The van der Waals surface area contributed by atoms with Crippen molar-refractivity contribution in [2.45, 2.75) is 121 Å². The van der Waals surface area contributed by atoms with Crippen LogP contribution in [0, 0.1) is 28.6 Å². The molecule has 9 N–H and O–H groups in total. The lowest BCUT2D eigenvalue weighted by Crippen LogP contribution is -2.62. The van der Waals surface area contributed by atoms with Crippen molar-refractivity contribution in [3.05, 3.63) is 11.6 Å². The van der Waals surface area contributed by atoms with Crippen molar-refractivity contribution < 1.29 is 46.0 Å². The minimum Gasteiger partial charge on any atom is -0.412 e. The first-order valence-corrected chi connectivity index (χ1v) is 13.4. The number of allylic oxidation sites excluding steroid dienone is 1. The van der Waals surface area contributed by atoms with Crippen molar-refractivity contribution in [3.8, 4) is 0 Å². The number of fused-ring (bicyclic) bond motifs is 5. The molecule has 37 heavy (non-hydrogen) atoms. The van der Waals surface area contributed by atoms with Crippen LogP contribution in [-0.2, 0) is 4.79 Å². The largest absolute Gasteiger partial charge is 0.412 e. The first kappa shape index (κ1) is 32.3. The molecular formula is C28H50O9. The molecule has 3 fully saturated rings. The minimum absolute atomic E-state index is 0. The van der Waals surface area contributed by atoms with Crippen molar-refractivity contribution in [2.24, 2.45) is 28.6 Å². The summed E-state index contributed by atoms with van der Waals surface area (Å²) in [6.45, 7) is 8.96. The number of ketones is 1. The van der Waals surface area contributed by atoms with Crippen molar-refractivity contribution in [1.82, 2.24) is 0 Å². The lowest BCUT2D eigenvalue weighted by molar-refractivity contribution is -0.177. The summed E-state index contributed by atoms with van der Waals surface area (Å²) in [4.78, 5) is 13.2. The Morgan fingerprint density at radius 1 is 1.03 bits per heavy atom. The third-order valence-corrected chi connectivity index (χ3v) is 10.5. The Morgan fingerprint density at radius 2 is 1.62 bits per heavy atom. The fourth-order valence-electron chi connectivity index (χ4n) is 8.32. The van der Waals surface area contributed by atoms with Crippen LogP contribution in [0.1, 0.15) is 86.0 Å². The molecule has 4 aliphatic carbocycles. The zero-order valence-electron chi connectivity index (χ0n) is 23.2. The molecule has 4 rings (SSSR count). The number of rotatable bonds is 5. The summed E-state index contributed by atoms with van der Waals surface area (Å²) in [6.07, 6.45) is 2.11. The smallest absolute Gasteiger partial charge is 0.159 e. The Morgan fingerprint density at radius 3 is 2.19 bits per heavy atom. The van der Waals surface area contributed by atoms with Crippen LogP contribution in [0.15, 0.2) is 11.6 Å². The van der Waals surface area contributed by atoms with Crippen LogP contribution < -0.4 is 0 Å². The molecular weight excluding hydrogens is 480 g/mol. The molecule has 9 nitrogen and oxygen atoms in total. The zero-order chi connectivity index (χ0) is 27.5. The second-order valence-corrected chi connectivity index (χ2v) is 13.2. The average molecular weight is 531 g/mol. The Balaban J connectivity index is 0.00000157. The van der Waals surface area contributed by atoms with Gasteiger partial charge in [-0.3, -0.25) is 4.79 Å². The summed E-state index contributed by atoms with van der Waals surface area (Å²) in [6, 6.07) is 0. The molecule has 3 saturated carbocycles. The molecule has 0 amide bonds. The molecule has 0 saturated heterocycles. The van der Waals surface area contributed by atoms with Crippen molar-refractivity contribution in [1.29, 1.82) is 0 Å². The molecule has 0 bridgehead atoms. The maximum Gasteiger partial charge on any atom is 0.159 e. The summed E-state index contributed by atoms with van der Waals surface area (Å²) in [5.74, 6) is -0.948. The fraction of sp³-hybridized carbons (Fsp3) is 0.893. The molecule has 0 aliphatic heterocycles. The second-order valence-electron chi connectivity index (χ2n) is 13.2. The predicted octanol–water partition coefficient (Wildman–Crippen LogP) is 0.638. The average Bonchev–Trinajstić information content (AvgIpc) is 3.07. The van der Waals surface area contributed by atoms with Gasteiger partial charge in [0.05, 0.1) is 35.1 Å². The molecule has 10 atom stereocenters. The molecule has 0 spiro atoms. The van der Waals surface area contributed by atoms with E-state index in [-0.39, 0.29) is 41.9 Å². The van der Waals surface area contributed by atoms with Crippen LogP contribution in [0.2, 0.25) is 0 Å². The third-order valence-electron chi connectivity index (χ3n) is 10.5. The van der Waals surface area contributed by atoms with E-state index >= 15 is 0 Å². The van der Waals surface area contributed by atoms with Crippen molar-refractivity contribution in [3.63, 3.8) is 0 Å². The highest BCUT2D eigenvalue weighted by molar-refractivity contribution is 5.95. The number of hydrogen-bond acceptors (Lipinski definition) is 8. The van der Waals surface area contributed by atoms with E-state index < -0.39 is 45.9 Å². The maximum absolute atomic E-state index is 13.2. The zero-order valence-corrected chi connectivity index (χ0v) is 23.2. The summed E-state index contributed by atoms with van der Waals surface area (Å²) < 4.78 is 0. The lowest BCUT2D eigenvalue weighted by Gasteiger charge is -2.60. The molecule has 0 heterocycles. The van der Waals surface area contributed by atoms with Gasteiger partial charge in [0, 0.05) is 18.4 Å². The monoisotopic (exact) mass is 530 g/mol. The van der Waals surface area contributed by atoms with E-state index in [1.54, 1.807) is 26.8 Å². The van der Waals surface area contributed by atoms with E-state index in [0.29, 0.717) is 44.1 Å². The van der Waals surface area contributed by atoms with E-state index in [1.807, 2.05) is 13.8 Å². The Hall–Kier alpha value is -0.910. The molecule has 0 radical (unpaired) electrons. The van der Waals surface area contributed by atoms with Crippen molar-refractivity contribution in [2.75, 3.05) is 7.11 Å². The molecule has 0 aromatic carbocycles. The summed E-state index contributed by atoms with van der Waals surface area (Å²) in [5, 5.41) is 72.5. The van der Waals surface area contributed by atoms with Crippen LogP contribution in [0.5, 0.6) is 0 Å². The van der Waals surface area contributed by atoms with Gasteiger partial charge in [-0.2, -0.15) is 0 Å². The quantitative estimate of drug-likeness (QED) is 0.269. The van der Waals surface area contributed by atoms with Gasteiger partial charge >= 0.3 is 0 Å². The Labute approximate surface area is 220 Å². The minimum atomic E-state index is -1.46. The number of carbonyl (C=O) groups is 1. The van der Waals surface area contributed by atoms with E-state index in [2.05, 4.69) is 0 Å². The van der Waals surface area contributed by atoms with E-state index in [9.17, 15) is 35.4 Å². The van der Waals surface area contributed by atoms with Gasteiger partial charge in [-0.15, -0.1) is 0 Å². The van der Waals surface area contributed by atoms with E-state index in [1.165, 1.54) is 0 Å². The number of aliphatic hydroxyl groups is 7. The summed E-state index contributed by atoms with van der Waals surface area (Å²) in [7, 11) is 1.00. The highest BCUT2D eigenvalue weighted by Crippen LogP contribution is 2.68. The van der Waals surface area contributed by atoms with Crippen molar-refractivity contribution >= 4 is 5.78 Å². The van der Waals surface area contributed by atoms with E-state index in [0.717, 1.165) is 7.11 Å². The van der Waals surface area contributed by atoms with Gasteiger partial charge in [0.1, 0.15) is 0 Å². The highest BCUT2D eigenvalue weighted by atomic mass is 16.3. The first-order valence-electron chi connectivity index (χ1n) is 13.4.